The van der Waals surface area contributed by atoms with E-state index in [1.165, 1.54) is 11.2 Å². The molecular formula is C31H33ClFN5O4. The van der Waals surface area contributed by atoms with E-state index in [1.54, 1.807) is 39.0 Å². The zero-order valence-corrected chi connectivity index (χ0v) is 24.8. The zero-order chi connectivity index (χ0) is 29.6. The van der Waals surface area contributed by atoms with Crippen molar-refractivity contribution in [3.8, 4) is 23.0 Å². The van der Waals surface area contributed by atoms with E-state index in [2.05, 4.69) is 16.9 Å². The van der Waals surface area contributed by atoms with Crippen LogP contribution in [0.3, 0.4) is 0 Å². The van der Waals surface area contributed by atoms with Crippen LogP contribution >= 0.6 is 11.6 Å². The second-order valence-electron chi connectivity index (χ2n) is 12.1. The van der Waals surface area contributed by atoms with Crippen molar-refractivity contribution in [2.45, 2.75) is 70.6 Å². The predicted molar refractivity (Wildman–Crippen MR) is 157 cm³/mol. The molecule has 0 spiro atoms. The average molecular weight is 594 g/mol. The summed E-state index contributed by atoms with van der Waals surface area (Å²) in [7, 11) is 0. The first-order chi connectivity index (χ1) is 20.0. The quantitative estimate of drug-likeness (QED) is 0.243. The molecule has 2 fully saturated rings. The molecule has 0 radical (unpaired) electrons. The maximum Gasteiger partial charge on any atom is 0.410 e. The number of imidazole rings is 1. The van der Waals surface area contributed by atoms with Crippen molar-refractivity contribution in [1.29, 1.82) is 0 Å². The van der Waals surface area contributed by atoms with Crippen LogP contribution in [0.4, 0.5) is 9.18 Å². The van der Waals surface area contributed by atoms with Crippen molar-refractivity contribution in [3.63, 3.8) is 0 Å². The summed E-state index contributed by atoms with van der Waals surface area (Å²) in [5.74, 6) is 1.42. The van der Waals surface area contributed by atoms with Gasteiger partial charge in [-0.15, -0.1) is 0 Å². The Balaban J connectivity index is 1.29. The number of alkyl halides is 1. The van der Waals surface area contributed by atoms with Crippen LogP contribution in [0.15, 0.2) is 54.9 Å². The minimum absolute atomic E-state index is 0.0721. The van der Waals surface area contributed by atoms with Crippen LogP contribution in [0.5, 0.6) is 11.6 Å². The van der Waals surface area contributed by atoms with Gasteiger partial charge in [0, 0.05) is 5.56 Å². The number of likely N-dealkylation sites (tertiary alicyclic amines) is 1. The van der Waals surface area contributed by atoms with E-state index in [4.69, 9.17) is 30.8 Å². The van der Waals surface area contributed by atoms with Crippen molar-refractivity contribution < 1.29 is 23.4 Å². The SMILES string of the molecule is CC(C)(C)OC(=O)N1C[C@@H](F)[C@@H](Oc2ccc(-c3nc4c(OC5(C)CC5)ncnc4n3Cc3ccccc3)c(Cl)c2)C1. The fourth-order valence-electron chi connectivity index (χ4n) is 4.87. The standard InChI is InChI=1S/C31H33ClFN5O4/c1-30(2,3)42-29(39)37-16-23(33)24(17-37)40-20-10-11-21(22(32)14-20)26-36-25-27(38(26)15-19-8-6-5-7-9-19)34-18-35-28(25)41-31(4)12-13-31/h5-11,14,18,23-24H,12-13,15-17H2,1-4H3/t23-,24+/m1/s1. The normalized spacial score (nSPS) is 19.6. The van der Waals surface area contributed by atoms with Gasteiger partial charge in [-0.2, -0.15) is 4.98 Å². The summed E-state index contributed by atoms with van der Waals surface area (Å²) in [6.45, 7) is 7.84. The van der Waals surface area contributed by atoms with E-state index in [-0.39, 0.29) is 18.7 Å². The Morgan fingerprint density at radius 3 is 2.57 bits per heavy atom. The van der Waals surface area contributed by atoms with Crippen LogP contribution in [0.25, 0.3) is 22.6 Å². The third-order valence-electron chi connectivity index (χ3n) is 7.30. The van der Waals surface area contributed by atoms with E-state index in [0.29, 0.717) is 45.7 Å². The molecule has 4 aromatic rings. The molecule has 0 unspecified atom stereocenters. The van der Waals surface area contributed by atoms with Crippen LogP contribution < -0.4 is 9.47 Å². The lowest BCUT2D eigenvalue weighted by molar-refractivity contribution is 0.0273. The number of carbonyl (C=O) groups excluding carboxylic acids is 1. The van der Waals surface area contributed by atoms with Crippen molar-refractivity contribution >= 4 is 28.9 Å². The maximum absolute atomic E-state index is 14.9. The van der Waals surface area contributed by atoms with Crippen molar-refractivity contribution in [2.75, 3.05) is 13.1 Å². The minimum Gasteiger partial charge on any atom is -0.485 e. The molecule has 1 aliphatic carbocycles. The van der Waals surface area contributed by atoms with Crippen LogP contribution in [0.2, 0.25) is 5.02 Å². The molecule has 0 bridgehead atoms. The Bertz CT molecular complexity index is 1620. The van der Waals surface area contributed by atoms with Crippen molar-refractivity contribution in [1.82, 2.24) is 24.4 Å². The molecule has 2 aromatic carbocycles. The molecule has 11 heteroatoms. The molecule has 2 aromatic heterocycles. The number of amides is 1. The summed E-state index contributed by atoms with van der Waals surface area (Å²) in [4.78, 5) is 27.6. The van der Waals surface area contributed by atoms with Gasteiger partial charge in [0.1, 0.15) is 35.2 Å². The molecule has 1 saturated carbocycles. The number of hydrogen-bond donors (Lipinski definition) is 0. The van der Waals surface area contributed by atoms with E-state index in [1.807, 2.05) is 34.9 Å². The number of benzene rings is 2. The second-order valence-corrected chi connectivity index (χ2v) is 12.5. The largest absolute Gasteiger partial charge is 0.485 e. The molecule has 220 valence electrons. The molecule has 9 nitrogen and oxygen atoms in total. The van der Waals surface area contributed by atoms with Gasteiger partial charge in [-0.05, 0) is 64.3 Å². The minimum atomic E-state index is -1.36. The molecule has 0 N–H and O–H groups in total. The summed E-state index contributed by atoms with van der Waals surface area (Å²) < 4.78 is 34.4. The van der Waals surface area contributed by atoms with Gasteiger partial charge in [0.2, 0.25) is 5.88 Å². The second kappa shape index (κ2) is 10.7. The number of aromatic nitrogens is 4. The van der Waals surface area contributed by atoms with E-state index in [0.717, 1.165) is 18.4 Å². The topological polar surface area (TPSA) is 91.6 Å². The first kappa shape index (κ1) is 28.2. The zero-order valence-electron chi connectivity index (χ0n) is 24.0. The fourth-order valence-corrected chi connectivity index (χ4v) is 5.12. The summed E-state index contributed by atoms with van der Waals surface area (Å²) in [5, 5.41) is 0.374. The summed E-state index contributed by atoms with van der Waals surface area (Å²) in [5.41, 5.74) is 1.99. The number of hydrogen-bond acceptors (Lipinski definition) is 7. The number of halogens is 2. The molecule has 3 heterocycles. The van der Waals surface area contributed by atoms with E-state index < -0.39 is 24.0 Å². The van der Waals surface area contributed by atoms with Gasteiger partial charge < -0.3 is 23.7 Å². The van der Waals surface area contributed by atoms with E-state index >= 15 is 0 Å². The summed E-state index contributed by atoms with van der Waals surface area (Å²) in [6, 6.07) is 15.2. The highest BCUT2D eigenvalue weighted by molar-refractivity contribution is 6.33. The average Bonchev–Trinajstić information content (AvgIpc) is 3.37. The maximum atomic E-state index is 14.9. The Hall–Kier alpha value is -3.92. The Morgan fingerprint density at radius 1 is 1.12 bits per heavy atom. The Kier molecular flexibility index (Phi) is 7.21. The molecule has 1 saturated heterocycles. The smallest absolute Gasteiger partial charge is 0.410 e. The van der Waals surface area contributed by atoms with Gasteiger partial charge in [0.25, 0.3) is 0 Å². The van der Waals surface area contributed by atoms with E-state index in [9.17, 15) is 9.18 Å². The Labute approximate surface area is 248 Å². The number of rotatable bonds is 7. The van der Waals surface area contributed by atoms with Gasteiger partial charge in [0.15, 0.2) is 17.3 Å². The fraction of sp³-hybridized carbons (Fsp3) is 0.419. The lowest BCUT2D eigenvalue weighted by Crippen LogP contribution is -2.36. The lowest BCUT2D eigenvalue weighted by atomic mass is 10.2. The van der Waals surface area contributed by atoms with Gasteiger partial charge in [-0.25, -0.2) is 19.2 Å². The summed E-state index contributed by atoms with van der Waals surface area (Å²) in [6.07, 6.45) is 0.630. The molecule has 6 rings (SSSR count). The van der Waals surface area contributed by atoms with Gasteiger partial charge >= 0.3 is 6.09 Å². The first-order valence-corrected chi connectivity index (χ1v) is 14.4. The van der Waals surface area contributed by atoms with Gasteiger partial charge in [-0.1, -0.05) is 41.9 Å². The first-order valence-electron chi connectivity index (χ1n) is 14.0. The summed E-state index contributed by atoms with van der Waals surface area (Å²) >= 11 is 6.82. The third-order valence-corrected chi connectivity index (χ3v) is 7.61. The van der Waals surface area contributed by atoms with Gasteiger partial charge in [0.05, 0.1) is 24.7 Å². The van der Waals surface area contributed by atoms with Crippen molar-refractivity contribution in [2.24, 2.45) is 0 Å². The number of nitrogens with zero attached hydrogens (tertiary/aromatic N) is 5. The predicted octanol–water partition coefficient (Wildman–Crippen LogP) is 6.46. The highest BCUT2D eigenvalue weighted by Gasteiger charge is 2.41. The van der Waals surface area contributed by atoms with Gasteiger partial charge in [-0.3, -0.25) is 0 Å². The monoisotopic (exact) mass is 593 g/mol. The third kappa shape index (κ3) is 5.99. The molecular weight excluding hydrogens is 561 g/mol. The molecule has 1 amide bonds. The highest BCUT2D eigenvalue weighted by atomic mass is 35.5. The lowest BCUT2D eigenvalue weighted by Gasteiger charge is -2.24. The van der Waals surface area contributed by atoms with Crippen LogP contribution in [-0.4, -0.2) is 67.1 Å². The van der Waals surface area contributed by atoms with Crippen LogP contribution in [-0.2, 0) is 11.3 Å². The molecule has 42 heavy (non-hydrogen) atoms. The molecule has 2 atom stereocenters. The van der Waals surface area contributed by atoms with Crippen LogP contribution in [0.1, 0.15) is 46.1 Å². The number of carbonyl (C=O) groups is 1. The van der Waals surface area contributed by atoms with Crippen molar-refractivity contribution in [3.05, 3.63) is 65.4 Å². The molecule has 2 aliphatic rings. The molecule has 1 aliphatic heterocycles. The number of ether oxygens (including phenoxy) is 3. The Morgan fingerprint density at radius 2 is 1.88 bits per heavy atom. The number of fused-ring (bicyclic) bond motifs is 1. The van der Waals surface area contributed by atoms with Crippen LogP contribution in [0, 0.1) is 0 Å². The highest BCUT2D eigenvalue weighted by Crippen LogP contribution is 2.41.